The van der Waals surface area contributed by atoms with Crippen LogP contribution in [0, 0.1) is 27.6 Å². The van der Waals surface area contributed by atoms with Gasteiger partial charge in [0.1, 0.15) is 0 Å². The van der Waals surface area contributed by atoms with Crippen LogP contribution in [0.25, 0.3) is 0 Å². The zero-order chi connectivity index (χ0) is 10.9. The molecule has 0 heterocycles. The Bertz CT molecular complexity index is 394. The van der Waals surface area contributed by atoms with Gasteiger partial charge < -0.3 is 4.74 Å². The summed E-state index contributed by atoms with van der Waals surface area (Å²) in [6, 6.07) is 0.413. The van der Waals surface area contributed by atoms with Gasteiger partial charge in [0.25, 0.3) is 0 Å². The highest BCUT2D eigenvalue weighted by Crippen LogP contribution is 2.32. The molecule has 1 aromatic carbocycles. The fourth-order valence-corrected chi connectivity index (χ4v) is 0.889. The van der Waals surface area contributed by atoms with Crippen molar-refractivity contribution in [2.24, 2.45) is 0 Å². The lowest BCUT2D eigenvalue weighted by Gasteiger charge is -2.03. The molecule has 76 valence electrons. The summed E-state index contributed by atoms with van der Waals surface area (Å²) in [7, 11) is 0.985. The first-order chi connectivity index (χ1) is 6.49. The molecule has 14 heavy (non-hydrogen) atoms. The topological polar surface area (TPSA) is 52.4 Å². The third-order valence-corrected chi connectivity index (χ3v) is 1.50. The molecular weight excluding hydrogens is 203 g/mol. The van der Waals surface area contributed by atoms with Gasteiger partial charge in [0.05, 0.1) is 12.0 Å². The highest BCUT2D eigenvalue weighted by atomic mass is 19.2. The van der Waals surface area contributed by atoms with E-state index in [2.05, 4.69) is 4.74 Å². The molecule has 0 aliphatic heterocycles. The molecule has 4 nitrogen and oxygen atoms in total. The normalized spacial score (nSPS) is 10.0. The Labute approximate surface area is 76.1 Å². The molecule has 0 N–H and O–H groups in total. The first kappa shape index (κ1) is 10.3. The van der Waals surface area contributed by atoms with Crippen molar-refractivity contribution < 1.29 is 22.8 Å². The monoisotopic (exact) mass is 207 g/mol. The van der Waals surface area contributed by atoms with Crippen LogP contribution in [0.15, 0.2) is 6.07 Å². The van der Waals surface area contributed by atoms with Crippen LogP contribution in [0.4, 0.5) is 18.9 Å². The van der Waals surface area contributed by atoms with Crippen molar-refractivity contribution in [3.63, 3.8) is 0 Å². The quantitative estimate of drug-likeness (QED) is 0.423. The number of benzene rings is 1. The summed E-state index contributed by atoms with van der Waals surface area (Å²) in [6.07, 6.45) is 0. The van der Waals surface area contributed by atoms with E-state index in [1.807, 2.05) is 0 Å². The smallest absolute Gasteiger partial charge is 0.349 e. The average molecular weight is 207 g/mol. The Balaban J connectivity index is 3.53. The van der Waals surface area contributed by atoms with E-state index in [0.29, 0.717) is 6.07 Å². The number of hydrogen-bond donors (Lipinski definition) is 0. The van der Waals surface area contributed by atoms with Crippen LogP contribution < -0.4 is 4.74 Å². The standard InChI is InChI=1S/C7H4F3NO3/c1-14-4-2-3(8)5(9)6(10)7(4)11(12)13/h2H,1H3. The van der Waals surface area contributed by atoms with Gasteiger partial charge >= 0.3 is 5.69 Å². The predicted molar refractivity (Wildman–Crippen MR) is 39.5 cm³/mol. The van der Waals surface area contributed by atoms with Crippen molar-refractivity contribution in [3.8, 4) is 5.75 Å². The summed E-state index contributed by atoms with van der Waals surface area (Å²) < 4.78 is 42.3. The van der Waals surface area contributed by atoms with E-state index in [0.717, 1.165) is 7.11 Å². The SMILES string of the molecule is COc1cc(F)c(F)c(F)c1[N+](=O)[O-]. The fourth-order valence-electron chi connectivity index (χ4n) is 0.889. The maximum Gasteiger partial charge on any atom is 0.349 e. The Morgan fingerprint density at radius 3 is 2.36 bits per heavy atom. The Kier molecular flexibility index (Phi) is 2.59. The number of nitrogens with zero attached hydrogens (tertiary/aromatic N) is 1. The van der Waals surface area contributed by atoms with Gasteiger partial charge in [0, 0.05) is 6.07 Å². The lowest BCUT2D eigenvalue weighted by Crippen LogP contribution is -2.01. The van der Waals surface area contributed by atoms with Gasteiger partial charge in [-0.15, -0.1) is 0 Å². The third kappa shape index (κ3) is 1.48. The molecule has 0 unspecified atom stereocenters. The molecular formula is C7H4F3NO3. The molecule has 0 aliphatic rings. The minimum atomic E-state index is -1.89. The number of halogens is 3. The van der Waals surface area contributed by atoms with Crippen molar-refractivity contribution in [3.05, 3.63) is 33.6 Å². The zero-order valence-corrected chi connectivity index (χ0v) is 6.88. The van der Waals surface area contributed by atoms with Crippen LogP contribution in [-0.4, -0.2) is 12.0 Å². The lowest BCUT2D eigenvalue weighted by molar-refractivity contribution is -0.388. The number of nitro groups is 1. The van der Waals surface area contributed by atoms with Crippen LogP contribution in [-0.2, 0) is 0 Å². The fraction of sp³-hybridized carbons (Fsp3) is 0.143. The van der Waals surface area contributed by atoms with E-state index in [1.54, 1.807) is 0 Å². The summed E-state index contributed by atoms with van der Waals surface area (Å²) in [5.41, 5.74) is -1.22. The molecule has 0 saturated heterocycles. The number of hydrogen-bond acceptors (Lipinski definition) is 3. The number of nitro benzene ring substituents is 1. The summed E-state index contributed by atoms with van der Waals surface area (Å²) in [6.45, 7) is 0. The van der Waals surface area contributed by atoms with Crippen molar-refractivity contribution in [1.29, 1.82) is 0 Å². The number of rotatable bonds is 2. The van der Waals surface area contributed by atoms with Gasteiger partial charge in [0.2, 0.25) is 17.4 Å². The Morgan fingerprint density at radius 1 is 1.36 bits per heavy atom. The molecule has 0 fully saturated rings. The molecule has 0 atom stereocenters. The molecule has 0 spiro atoms. The van der Waals surface area contributed by atoms with Gasteiger partial charge in [-0.25, -0.2) is 8.78 Å². The predicted octanol–water partition coefficient (Wildman–Crippen LogP) is 2.02. The highest BCUT2D eigenvalue weighted by Gasteiger charge is 2.28. The van der Waals surface area contributed by atoms with E-state index < -0.39 is 33.8 Å². The third-order valence-electron chi connectivity index (χ3n) is 1.50. The second-order valence-electron chi connectivity index (χ2n) is 2.29. The second-order valence-corrected chi connectivity index (χ2v) is 2.29. The first-order valence-corrected chi connectivity index (χ1v) is 3.35. The Morgan fingerprint density at radius 2 is 1.93 bits per heavy atom. The zero-order valence-electron chi connectivity index (χ0n) is 6.88. The molecule has 0 radical (unpaired) electrons. The molecule has 0 bridgehead atoms. The lowest BCUT2D eigenvalue weighted by atomic mass is 10.2. The van der Waals surface area contributed by atoms with Crippen LogP contribution >= 0.6 is 0 Å². The highest BCUT2D eigenvalue weighted by molar-refractivity contribution is 5.48. The minimum absolute atomic E-state index is 0.413. The van der Waals surface area contributed by atoms with E-state index >= 15 is 0 Å². The van der Waals surface area contributed by atoms with Crippen LogP contribution in [0.3, 0.4) is 0 Å². The molecule has 0 aliphatic carbocycles. The van der Waals surface area contributed by atoms with Crippen LogP contribution in [0.2, 0.25) is 0 Å². The second kappa shape index (κ2) is 3.52. The molecule has 0 aromatic heterocycles. The maximum atomic E-state index is 12.8. The van der Waals surface area contributed by atoms with Crippen LogP contribution in [0.5, 0.6) is 5.75 Å². The molecule has 0 saturated carbocycles. The molecule has 1 rings (SSSR count). The number of ether oxygens (including phenoxy) is 1. The molecule has 1 aromatic rings. The summed E-state index contributed by atoms with van der Waals surface area (Å²) in [5.74, 6) is -5.96. The Hall–Kier alpha value is -1.79. The minimum Gasteiger partial charge on any atom is -0.490 e. The van der Waals surface area contributed by atoms with Gasteiger partial charge in [0.15, 0.2) is 5.82 Å². The molecule has 7 heteroatoms. The molecule has 0 amide bonds. The van der Waals surface area contributed by atoms with E-state index in [4.69, 9.17) is 0 Å². The first-order valence-electron chi connectivity index (χ1n) is 3.35. The van der Waals surface area contributed by atoms with Gasteiger partial charge in [-0.05, 0) is 0 Å². The maximum absolute atomic E-state index is 12.8. The van der Waals surface area contributed by atoms with Crippen molar-refractivity contribution >= 4 is 5.69 Å². The van der Waals surface area contributed by atoms with Crippen molar-refractivity contribution in [1.82, 2.24) is 0 Å². The summed E-state index contributed by atoms with van der Waals surface area (Å²) >= 11 is 0. The van der Waals surface area contributed by atoms with Crippen molar-refractivity contribution in [2.45, 2.75) is 0 Å². The van der Waals surface area contributed by atoms with E-state index in [9.17, 15) is 23.3 Å². The average Bonchev–Trinajstić information content (AvgIpc) is 2.12. The van der Waals surface area contributed by atoms with Gasteiger partial charge in [-0.2, -0.15) is 4.39 Å². The van der Waals surface area contributed by atoms with Gasteiger partial charge in [-0.1, -0.05) is 0 Å². The van der Waals surface area contributed by atoms with Gasteiger partial charge in [-0.3, -0.25) is 10.1 Å². The summed E-state index contributed by atoms with van der Waals surface area (Å²) in [5, 5.41) is 10.3. The van der Waals surface area contributed by atoms with Crippen LogP contribution in [0.1, 0.15) is 0 Å². The van der Waals surface area contributed by atoms with E-state index in [-0.39, 0.29) is 0 Å². The largest absolute Gasteiger partial charge is 0.490 e. The van der Waals surface area contributed by atoms with E-state index in [1.165, 1.54) is 0 Å². The summed E-state index contributed by atoms with van der Waals surface area (Å²) in [4.78, 5) is 9.08. The van der Waals surface area contributed by atoms with Crippen molar-refractivity contribution in [2.75, 3.05) is 7.11 Å². The number of methoxy groups -OCH3 is 1.